The highest BCUT2D eigenvalue weighted by molar-refractivity contribution is 5.12. The molecule has 0 unspecified atom stereocenters. The number of nitrogens with zero attached hydrogens (tertiary/aromatic N) is 3. The number of hydrogen-bond donors (Lipinski definition) is 1. The lowest BCUT2D eigenvalue weighted by atomic mass is 9.85. The van der Waals surface area contributed by atoms with Crippen molar-refractivity contribution in [2.75, 3.05) is 39.5 Å². The van der Waals surface area contributed by atoms with E-state index in [2.05, 4.69) is 9.88 Å². The normalized spacial score (nSPS) is 25.3. The molecular weight excluding hydrogens is 311 g/mol. The van der Waals surface area contributed by atoms with Crippen molar-refractivity contribution < 1.29 is 23.0 Å². The molecule has 3 rings (SSSR count). The van der Waals surface area contributed by atoms with E-state index in [1.165, 1.54) is 4.57 Å². The van der Waals surface area contributed by atoms with Crippen LogP contribution in [0, 0.1) is 5.41 Å². The maximum Gasteiger partial charge on any atom is 0.434 e. The second kappa shape index (κ2) is 6.07. The van der Waals surface area contributed by atoms with Crippen LogP contribution in [-0.4, -0.2) is 59.0 Å². The summed E-state index contributed by atoms with van der Waals surface area (Å²) in [5.74, 6) is 0.478. The Bertz CT molecular complexity index is 549. The second-order valence-corrected chi connectivity index (χ2v) is 6.82. The van der Waals surface area contributed by atoms with Gasteiger partial charge in [0.2, 0.25) is 0 Å². The number of hydrogen-bond acceptors (Lipinski definition) is 4. The van der Waals surface area contributed by atoms with Crippen LogP contribution in [0.1, 0.15) is 30.3 Å². The summed E-state index contributed by atoms with van der Waals surface area (Å²) in [7, 11) is 1.62. The number of likely N-dealkylation sites (tertiary alicyclic amines) is 1. The quantitative estimate of drug-likeness (QED) is 0.910. The Morgan fingerprint density at radius 1 is 1.43 bits per heavy atom. The fraction of sp³-hybridized carbons (Fsp3) is 0.800. The molecule has 1 aromatic rings. The minimum Gasteiger partial charge on any atom is -0.396 e. The number of halogens is 3. The Labute approximate surface area is 133 Å². The fourth-order valence-corrected chi connectivity index (χ4v) is 3.50. The number of alkyl halides is 3. The van der Waals surface area contributed by atoms with Gasteiger partial charge in [0.05, 0.1) is 25.2 Å². The lowest BCUT2D eigenvalue weighted by Crippen LogP contribution is -2.54. The van der Waals surface area contributed by atoms with Gasteiger partial charge in [0.1, 0.15) is 5.82 Å². The summed E-state index contributed by atoms with van der Waals surface area (Å²) in [6.07, 6.45) is -1.60. The van der Waals surface area contributed by atoms with E-state index in [0.29, 0.717) is 25.6 Å². The van der Waals surface area contributed by atoms with Gasteiger partial charge in [0.15, 0.2) is 5.69 Å². The summed E-state index contributed by atoms with van der Waals surface area (Å²) >= 11 is 0. The van der Waals surface area contributed by atoms with Crippen LogP contribution in [0.5, 0.6) is 0 Å². The Morgan fingerprint density at radius 2 is 2.17 bits per heavy atom. The van der Waals surface area contributed by atoms with Crippen LogP contribution in [0.15, 0.2) is 6.20 Å². The van der Waals surface area contributed by atoms with Crippen molar-refractivity contribution in [3.05, 3.63) is 17.7 Å². The number of aliphatic hydroxyl groups is 1. The summed E-state index contributed by atoms with van der Waals surface area (Å²) in [5, 5.41) is 9.54. The highest BCUT2D eigenvalue weighted by Crippen LogP contribution is 2.34. The van der Waals surface area contributed by atoms with E-state index in [1.807, 2.05) is 0 Å². The van der Waals surface area contributed by atoms with Crippen LogP contribution in [0.4, 0.5) is 13.2 Å². The number of aryl methyl sites for hydroxylation is 1. The first-order valence-electron chi connectivity index (χ1n) is 7.84. The van der Waals surface area contributed by atoms with E-state index in [4.69, 9.17) is 4.74 Å². The molecule has 8 heteroatoms. The van der Waals surface area contributed by atoms with Gasteiger partial charge in [-0.1, -0.05) is 0 Å². The Kier molecular flexibility index (Phi) is 4.41. The molecule has 3 heterocycles. The predicted octanol–water partition coefficient (Wildman–Crippen LogP) is 1.63. The summed E-state index contributed by atoms with van der Waals surface area (Å²) in [5.41, 5.74) is -1.04. The third-order valence-electron chi connectivity index (χ3n) is 4.78. The zero-order valence-corrected chi connectivity index (χ0v) is 13.1. The largest absolute Gasteiger partial charge is 0.434 e. The molecule has 0 saturated carbocycles. The zero-order valence-electron chi connectivity index (χ0n) is 13.1. The van der Waals surface area contributed by atoms with E-state index >= 15 is 0 Å². The number of piperidine rings is 1. The SMILES string of the molecule is Cn1cc(C(F)(F)F)nc1[C@H]1CCCN(CC2(CO)COC2)C1. The number of aliphatic hydroxyl groups excluding tert-OH is 1. The zero-order chi connectivity index (χ0) is 16.7. The second-order valence-electron chi connectivity index (χ2n) is 6.82. The minimum atomic E-state index is -4.41. The Hall–Kier alpha value is -1.12. The van der Waals surface area contributed by atoms with Crippen molar-refractivity contribution in [2.24, 2.45) is 12.5 Å². The number of rotatable bonds is 4. The molecule has 2 aliphatic rings. The van der Waals surface area contributed by atoms with Gasteiger partial charge in [-0.15, -0.1) is 0 Å². The highest BCUT2D eigenvalue weighted by Gasteiger charge is 2.41. The molecule has 5 nitrogen and oxygen atoms in total. The van der Waals surface area contributed by atoms with Crippen LogP contribution in [0.25, 0.3) is 0 Å². The van der Waals surface area contributed by atoms with E-state index in [9.17, 15) is 18.3 Å². The van der Waals surface area contributed by atoms with Crippen LogP contribution in [0.3, 0.4) is 0 Å². The van der Waals surface area contributed by atoms with E-state index in [1.54, 1.807) is 7.05 Å². The smallest absolute Gasteiger partial charge is 0.396 e. The molecule has 0 aromatic carbocycles. The molecule has 0 aliphatic carbocycles. The van der Waals surface area contributed by atoms with Crippen molar-refractivity contribution in [3.63, 3.8) is 0 Å². The van der Waals surface area contributed by atoms with Gasteiger partial charge in [-0.25, -0.2) is 4.98 Å². The summed E-state index contributed by atoms with van der Waals surface area (Å²) < 4.78 is 45.2. The van der Waals surface area contributed by atoms with Gasteiger partial charge in [-0.2, -0.15) is 13.2 Å². The standard InChI is InChI=1S/C15H22F3N3O2/c1-20-6-12(15(16,17)18)19-13(20)11-3-2-4-21(5-11)7-14(8-22)9-23-10-14/h6,11,22H,2-5,7-10H2,1H3/t11-/m0/s1. The first-order chi connectivity index (χ1) is 10.8. The first kappa shape index (κ1) is 16.7. The van der Waals surface area contributed by atoms with Crippen molar-refractivity contribution in [3.8, 4) is 0 Å². The summed E-state index contributed by atoms with van der Waals surface area (Å²) in [6.45, 7) is 3.46. The maximum absolute atomic E-state index is 12.8. The van der Waals surface area contributed by atoms with E-state index < -0.39 is 11.9 Å². The van der Waals surface area contributed by atoms with Crippen molar-refractivity contribution in [1.82, 2.24) is 14.5 Å². The molecule has 0 amide bonds. The van der Waals surface area contributed by atoms with Gasteiger partial charge in [-0.05, 0) is 19.4 Å². The fourth-order valence-electron chi connectivity index (χ4n) is 3.50. The molecule has 1 aromatic heterocycles. The lowest BCUT2D eigenvalue weighted by Gasteiger charge is -2.45. The highest BCUT2D eigenvalue weighted by atomic mass is 19.4. The Morgan fingerprint density at radius 3 is 2.70 bits per heavy atom. The third kappa shape index (κ3) is 3.39. The molecule has 2 fully saturated rings. The molecule has 0 bridgehead atoms. The van der Waals surface area contributed by atoms with Gasteiger partial charge in [0.25, 0.3) is 0 Å². The average molecular weight is 333 g/mol. The maximum atomic E-state index is 12.8. The molecule has 23 heavy (non-hydrogen) atoms. The molecule has 2 saturated heterocycles. The molecular formula is C15H22F3N3O2. The van der Waals surface area contributed by atoms with Gasteiger partial charge in [-0.3, -0.25) is 0 Å². The lowest BCUT2D eigenvalue weighted by molar-refractivity contribution is -0.150. The molecule has 1 N–H and O–H groups in total. The number of aromatic nitrogens is 2. The van der Waals surface area contributed by atoms with Gasteiger partial charge in [0, 0.05) is 32.3 Å². The van der Waals surface area contributed by atoms with Crippen LogP contribution >= 0.6 is 0 Å². The third-order valence-corrected chi connectivity index (χ3v) is 4.78. The summed E-state index contributed by atoms with van der Waals surface area (Å²) in [4.78, 5) is 6.04. The van der Waals surface area contributed by atoms with Crippen molar-refractivity contribution in [1.29, 1.82) is 0 Å². The van der Waals surface area contributed by atoms with E-state index in [0.717, 1.165) is 32.1 Å². The molecule has 130 valence electrons. The predicted molar refractivity (Wildman–Crippen MR) is 77.0 cm³/mol. The first-order valence-corrected chi connectivity index (χ1v) is 7.84. The molecule has 0 radical (unpaired) electrons. The molecule has 0 spiro atoms. The van der Waals surface area contributed by atoms with Gasteiger partial charge < -0.3 is 19.3 Å². The molecule has 2 aliphatic heterocycles. The van der Waals surface area contributed by atoms with E-state index in [-0.39, 0.29) is 17.9 Å². The van der Waals surface area contributed by atoms with Crippen LogP contribution in [0.2, 0.25) is 0 Å². The Balaban J connectivity index is 1.70. The topological polar surface area (TPSA) is 50.5 Å². The monoisotopic (exact) mass is 333 g/mol. The average Bonchev–Trinajstić information content (AvgIpc) is 2.85. The summed E-state index contributed by atoms with van der Waals surface area (Å²) in [6, 6.07) is 0. The van der Waals surface area contributed by atoms with Crippen LogP contribution < -0.4 is 0 Å². The van der Waals surface area contributed by atoms with Crippen LogP contribution in [-0.2, 0) is 18.0 Å². The minimum absolute atomic E-state index is 0.0124. The number of ether oxygens (including phenoxy) is 1. The van der Waals surface area contributed by atoms with Crippen molar-refractivity contribution in [2.45, 2.75) is 24.9 Å². The van der Waals surface area contributed by atoms with Gasteiger partial charge >= 0.3 is 6.18 Å². The van der Waals surface area contributed by atoms with Crippen molar-refractivity contribution >= 4 is 0 Å². The molecule has 1 atom stereocenters. The number of imidazole rings is 1.